The fourth-order valence-electron chi connectivity index (χ4n) is 2.63. The lowest BCUT2D eigenvalue weighted by Crippen LogP contribution is -2.14. The van der Waals surface area contributed by atoms with Crippen LogP contribution in [0.3, 0.4) is 0 Å². The van der Waals surface area contributed by atoms with Crippen molar-refractivity contribution in [1.82, 2.24) is 4.98 Å². The predicted molar refractivity (Wildman–Crippen MR) is 87.4 cm³/mol. The molecule has 0 aliphatic heterocycles. The largest absolute Gasteiger partial charge is 0.293 e. The highest BCUT2D eigenvalue weighted by Gasteiger charge is 2.19. The number of thioether (sulfide) groups is 1. The maximum atomic E-state index is 12.5. The lowest BCUT2D eigenvalue weighted by molar-refractivity contribution is 0.0994. The van der Waals surface area contributed by atoms with Gasteiger partial charge in [0, 0.05) is 11.8 Å². The van der Waals surface area contributed by atoms with E-state index in [4.69, 9.17) is 11.6 Å². The molecule has 1 aliphatic carbocycles. The van der Waals surface area contributed by atoms with Crippen molar-refractivity contribution in [2.45, 2.75) is 36.5 Å². The highest BCUT2D eigenvalue weighted by Crippen LogP contribution is 2.27. The van der Waals surface area contributed by atoms with E-state index in [-0.39, 0.29) is 11.0 Å². The van der Waals surface area contributed by atoms with Crippen LogP contribution in [0.4, 0.5) is 0 Å². The zero-order chi connectivity index (χ0) is 14.8. The number of fused-ring (bicyclic) bond motifs is 1. The van der Waals surface area contributed by atoms with E-state index in [1.54, 1.807) is 12.3 Å². The number of ketones is 1. The summed E-state index contributed by atoms with van der Waals surface area (Å²) in [7, 11) is 0. The molecule has 4 heteroatoms. The van der Waals surface area contributed by atoms with Crippen LogP contribution in [0, 0.1) is 0 Å². The van der Waals surface area contributed by atoms with Gasteiger partial charge in [-0.15, -0.1) is 0 Å². The molecule has 1 aromatic heterocycles. The van der Waals surface area contributed by atoms with Crippen LogP contribution in [0.1, 0.15) is 34.8 Å². The number of benzene rings is 1. The average Bonchev–Trinajstić information content (AvgIpc) is 2.96. The third-order valence-electron chi connectivity index (χ3n) is 3.75. The zero-order valence-corrected chi connectivity index (χ0v) is 13.4. The van der Waals surface area contributed by atoms with Gasteiger partial charge in [-0.05, 0) is 55.5 Å². The molecule has 0 spiro atoms. The first-order valence-electron chi connectivity index (χ1n) is 7.08. The minimum absolute atomic E-state index is 0.155. The Kier molecular flexibility index (Phi) is 4.32. The SMILES string of the molecule is CC(Sc1ccc(Cl)cn1)C(=O)c1ccc2c(c1)CCC2. The van der Waals surface area contributed by atoms with E-state index in [1.165, 1.54) is 29.3 Å². The number of carbonyl (C=O) groups excluding carboxylic acids is 1. The number of carbonyl (C=O) groups is 1. The summed E-state index contributed by atoms with van der Waals surface area (Å²) >= 11 is 7.29. The highest BCUT2D eigenvalue weighted by molar-refractivity contribution is 8.00. The first-order chi connectivity index (χ1) is 10.1. The number of pyridine rings is 1. The maximum absolute atomic E-state index is 12.5. The monoisotopic (exact) mass is 317 g/mol. The molecule has 1 unspecified atom stereocenters. The molecule has 2 nitrogen and oxygen atoms in total. The number of hydrogen-bond acceptors (Lipinski definition) is 3. The van der Waals surface area contributed by atoms with Gasteiger partial charge in [-0.1, -0.05) is 35.5 Å². The fraction of sp³-hybridized carbons (Fsp3) is 0.294. The molecule has 0 fully saturated rings. The molecule has 0 radical (unpaired) electrons. The second kappa shape index (κ2) is 6.20. The Balaban J connectivity index is 1.73. The van der Waals surface area contributed by atoms with Gasteiger partial charge in [0.2, 0.25) is 0 Å². The third-order valence-corrected chi connectivity index (χ3v) is 5.02. The normalized spacial score (nSPS) is 14.8. The number of aromatic nitrogens is 1. The predicted octanol–water partition coefficient (Wildman–Crippen LogP) is 4.59. The van der Waals surface area contributed by atoms with Crippen molar-refractivity contribution in [3.63, 3.8) is 0 Å². The van der Waals surface area contributed by atoms with E-state index in [0.717, 1.165) is 23.4 Å². The molecular formula is C17H16ClNOS. The van der Waals surface area contributed by atoms with Gasteiger partial charge in [-0.2, -0.15) is 0 Å². The van der Waals surface area contributed by atoms with Gasteiger partial charge in [0.05, 0.1) is 15.3 Å². The Morgan fingerprint density at radius 1 is 1.24 bits per heavy atom. The fourth-order valence-corrected chi connectivity index (χ4v) is 3.60. The molecule has 21 heavy (non-hydrogen) atoms. The Labute approximate surface area is 133 Å². The van der Waals surface area contributed by atoms with Gasteiger partial charge in [0.15, 0.2) is 5.78 Å². The van der Waals surface area contributed by atoms with E-state index in [9.17, 15) is 4.79 Å². The van der Waals surface area contributed by atoms with Crippen LogP contribution in [-0.4, -0.2) is 16.0 Å². The van der Waals surface area contributed by atoms with Gasteiger partial charge in [-0.3, -0.25) is 4.79 Å². The maximum Gasteiger partial charge on any atom is 0.175 e. The minimum Gasteiger partial charge on any atom is -0.293 e. The Morgan fingerprint density at radius 3 is 2.81 bits per heavy atom. The summed E-state index contributed by atoms with van der Waals surface area (Å²) < 4.78 is 0. The lowest BCUT2D eigenvalue weighted by Gasteiger charge is -2.11. The summed E-state index contributed by atoms with van der Waals surface area (Å²) in [5.41, 5.74) is 3.54. The standard InChI is InChI=1S/C17H16ClNOS/c1-11(21-16-8-7-15(18)10-19-16)17(20)14-6-5-12-3-2-4-13(12)9-14/h5-11H,2-4H2,1H3. The number of aryl methyl sites for hydroxylation is 2. The molecule has 0 saturated carbocycles. The van der Waals surface area contributed by atoms with Crippen LogP contribution in [0.2, 0.25) is 5.02 Å². The zero-order valence-electron chi connectivity index (χ0n) is 11.8. The van der Waals surface area contributed by atoms with Crippen molar-refractivity contribution in [3.8, 4) is 0 Å². The quantitative estimate of drug-likeness (QED) is 0.610. The third kappa shape index (κ3) is 3.30. The number of halogens is 1. The summed E-state index contributed by atoms with van der Waals surface area (Å²) in [6, 6.07) is 9.77. The summed E-state index contributed by atoms with van der Waals surface area (Å²) in [5.74, 6) is 0.159. The molecule has 0 amide bonds. The number of Topliss-reactive ketones (excluding diaryl/α,β-unsaturated/α-hetero) is 1. The minimum atomic E-state index is -0.155. The number of hydrogen-bond donors (Lipinski definition) is 0. The lowest BCUT2D eigenvalue weighted by atomic mass is 10.0. The second-order valence-electron chi connectivity index (χ2n) is 5.28. The summed E-state index contributed by atoms with van der Waals surface area (Å²) in [4.78, 5) is 16.8. The van der Waals surface area contributed by atoms with Crippen molar-refractivity contribution in [2.24, 2.45) is 0 Å². The van der Waals surface area contributed by atoms with Gasteiger partial charge in [0.1, 0.15) is 0 Å². The van der Waals surface area contributed by atoms with E-state index in [2.05, 4.69) is 17.1 Å². The molecule has 0 saturated heterocycles. The second-order valence-corrected chi connectivity index (χ2v) is 7.07. The van der Waals surface area contributed by atoms with Crippen molar-refractivity contribution in [3.05, 3.63) is 58.2 Å². The first-order valence-corrected chi connectivity index (χ1v) is 8.33. The van der Waals surface area contributed by atoms with Crippen LogP contribution in [0.15, 0.2) is 41.6 Å². The van der Waals surface area contributed by atoms with Gasteiger partial charge < -0.3 is 0 Å². The highest BCUT2D eigenvalue weighted by atomic mass is 35.5. The molecule has 108 valence electrons. The van der Waals surface area contributed by atoms with E-state index < -0.39 is 0 Å². The Hall–Kier alpha value is -1.32. The molecule has 0 bridgehead atoms. The van der Waals surface area contributed by atoms with E-state index in [0.29, 0.717) is 5.02 Å². The molecule has 2 aromatic rings. The van der Waals surface area contributed by atoms with Crippen molar-refractivity contribution < 1.29 is 4.79 Å². The molecular weight excluding hydrogens is 302 g/mol. The van der Waals surface area contributed by atoms with Gasteiger partial charge >= 0.3 is 0 Å². The smallest absolute Gasteiger partial charge is 0.175 e. The van der Waals surface area contributed by atoms with Crippen LogP contribution in [-0.2, 0) is 12.8 Å². The summed E-state index contributed by atoms with van der Waals surface area (Å²) in [5, 5.41) is 1.27. The van der Waals surface area contributed by atoms with Crippen LogP contribution < -0.4 is 0 Å². The van der Waals surface area contributed by atoms with Crippen molar-refractivity contribution in [1.29, 1.82) is 0 Å². The van der Waals surface area contributed by atoms with E-state index >= 15 is 0 Å². The molecule has 1 atom stereocenters. The van der Waals surface area contributed by atoms with Gasteiger partial charge in [-0.25, -0.2) is 4.98 Å². The molecule has 1 aromatic carbocycles. The summed E-state index contributed by atoms with van der Waals surface area (Å²) in [6.45, 7) is 1.93. The Bertz CT molecular complexity index is 669. The molecule has 1 aliphatic rings. The topological polar surface area (TPSA) is 30.0 Å². The van der Waals surface area contributed by atoms with Gasteiger partial charge in [0.25, 0.3) is 0 Å². The van der Waals surface area contributed by atoms with Crippen molar-refractivity contribution in [2.75, 3.05) is 0 Å². The Morgan fingerprint density at radius 2 is 2.05 bits per heavy atom. The summed E-state index contributed by atoms with van der Waals surface area (Å²) in [6.07, 6.45) is 5.04. The first kappa shape index (κ1) is 14.6. The molecule has 1 heterocycles. The average molecular weight is 318 g/mol. The number of rotatable bonds is 4. The molecule has 0 N–H and O–H groups in total. The van der Waals surface area contributed by atoms with Crippen LogP contribution in [0.5, 0.6) is 0 Å². The van der Waals surface area contributed by atoms with E-state index in [1.807, 2.05) is 19.1 Å². The van der Waals surface area contributed by atoms with Crippen LogP contribution in [0.25, 0.3) is 0 Å². The van der Waals surface area contributed by atoms with Crippen molar-refractivity contribution >= 4 is 29.1 Å². The number of nitrogens with zero attached hydrogens (tertiary/aromatic N) is 1. The molecule has 3 rings (SSSR count). The van der Waals surface area contributed by atoms with Crippen LogP contribution >= 0.6 is 23.4 Å².